The fraction of sp³-hybridized carbons (Fsp3) is 0.533. The van der Waals surface area contributed by atoms with Crippen LogP contribution in [0.1, 0.15) is 60.1 Å². The van der Waals surface area contributed by atoms with Crippen molar-refractivity contribution in [3.63, 3.8) is 0 Å². The number of rotatable bonds is 9. The van der Waals surface area contributed by atoms with Gasteiger partial charge in [-0.3, -0.25) is 19.5 Å². The molecule has 0 spiro atoms. The normalized spacial score (nSPS) is 23.3. The second-order valence-electron chi connectivity index (χ2n) is 11.5. The van der Waals surface area contributed by atoms with E-state index in [4.69, 9.17) is 25.2 Å². The SMILES string of the molecule is COc1cc2c(cc1CN1C[C@@H]3CC[C@@](O)(c4ccc(C)cn4)[C@@H]3C1)CCC2.O=C(O)CC(O)(CC(=O)O)C(=O)O. The van der Waals surface area contributed by atoms with Crippen LogP contribution in [0.25, 0.3) is 0 Å². The van der Waals surface area contributed by atoms with Gasteiger partial charge < -0.3 is 30.3 Å². The lowest BCUT2D eigenvalue weighted by Gasteiger charge is -2.30. The molecule has 2 heterocycles. The van der Waals surface area contributed by atoms with E-state index < -0.39 is 42.0 Å². The number of likely N-dealkylation sites (tertiary alicyclic amines) is 1. The predicted octanol–water partition coefficient (Wildman–Crippen LogP) is 2.37. The fourth-order valence-electron chi connectivity index (χ4n) is 6.48. The van der Waals surface area contributed by atoms with E-state index in [1.807, 2.05) is 19.2 Å². The Hall–Kier alpha value is -3.54. The number of carboxylic acid groups (broad SMARTS) is 3. The molecule has 1 saturated carbocycles. The zero-order valence-electron chi connectivity index (χ0n) is 23.4. The molecule has 1 saturated heterocycles. The molecule has 3 aliphatic rings. The Balaban J connectivity index is 0.000000254. The minimum absolute atomic E-state index is 0.267. The summed E-state index contributed by atoms with van der Waals surface area (Å²) in [5.41, 5.74) is 2.71. The Morgan fingerprint density at radius 2 is 1.73 bits per heavy atom. The number of aliphatic hydroxyl groups is 2. The molecule has 0 radical (unpaired) electrons. The average Bonchev–Trinajstić information content (AvgIpc) is 3.60. The van der Waals surface area contributed by atoms with Crippen LogP contribution in [0.5, 0.6) is 5.75 Å². The summed E-state index contributed by atoms with van der Waals surface area (Å²) in [7, 11) is 1.78. The smallest absolute Gasteiger partial charge is 0.336 e. The summed E-state index contributed by atoms with van der Waals surface area (Å²) in [6, 6.07) is 8.70. The van der Waals surface area contributed by atoms with Crippen molar-refractivity contribution in [1.29, 1.82) is 0 Å². The number of aliphatic carboxylic acids is 3. The van der Waals surface area contributed by atoms with Crippen molar-refractivity contribution >= 4 is 17.9 Å². The highest BCUT2D eigenvalue weighted by Crippen LogP contribution is 2.50. The molecule has 222 valence electrons. The van der Waals surface area contributed by atoms with E-state index in [-0.39, 0.29) is 5.92 Å². The van der Waals surface area contributed by atoms with Crippen LogP contribution >= 0.6 is 0 Å². The quantitative estimate of drug-likeness (QED) is 0.299. The summed E-state index contributed by atoms with van der Waals surface area (Å²) in [5, 5.41) is 45.3. The van der Waals surface area contributed by atoms with Gasteiger partial charge in [-0.25, -0.2) is 4.79 Å². The van der Waals surface area contributed by atoms with Gasteiger partial charge in [-0.2, -0.15) is 0 Å². The molecule has 2 aromatic rings. The first-order valence-electron chi connectivity index (χ1n) is 13.8. The lowest BCUT2D eigenvalue weighted by atomic mass is 9.85. The summed E-state index contributed by atoms with van der Waals surface area (Å²) >= 11 is 0. The first kappa shape index (κ1) is 30.4. The molecular weight excluding hydrogens is 532 g/mol. The van der Waals surface area contributed by atoms with Crippen LogP contribution in [0, 0.1) is 18.8 Å². The van der Waals surface area contributed by atoms with Gasteiger partial charge in [0, 0.05) is 37.3 Å². The third kappa shape index (κ3) is 6.69. The summed E-state index contributed by atoms with van der Waals surface area (Å²) in [5.74, 6) is -3.18. The number of benzene rings is 1. The molecule has 1 aromatic carbocycles. The maximum absolute atomic E-state index is 11.5. The average molecular weight is 571 g/mol. The topological polar surface area (TPSA) is 178 Å². The minimum atomic E-state index is -2.74. The summed E-state index contributed by atoms with van der Waals surface area (Å²) < 4.78 is 5.71. The van der Waals surface area contributed by atoms with Gasteiger partial charge in [0.1, 0.15) is 11.4 Å². The van der Waals surface area contributed by atoms with E-state index in [1.54, 1.807) is 7.11 Å². The zero-order chi connectivity index (χ0) is 29.9. The summed E-state index contributed by atoms with van der Waals surface area (Å²) in [4.78, 5) is 37.6. The van der Waals surface area contributed by atoms with E-state index in [9.17, 15) is 19.5 Å². The van der Waals surface area contributed by atoms with Crippen molar-refractivity contribution in [3.8, 4) is 5.75 Å². The number of nitrogens with zero attached hydrogens (tertiary/aromatic N) is 2. The maximum atomic E-state index is 11.5. The zero-order valence-corrected chi connectivity index (χ0v) is 23.4. The van der Waals surface area contributed by atoms with E-state index in [0.29, 0.717) is 5.92 Å². The van der Waals surface area contributed by atoms with Crippen LogP contribution in [0.3, 0.4) is 0 Å². The number of ether oxygens (including phenoxy) is 1. The molecule has 11 heteroatoms. The van der Waals surface area contributed by atoms with Crippen molar-refractivity contribution in [2.24, 2.45) is 11.8 Å². The monoisotopic (exact) mass is 570 g/mol. The Bertz CT molecular complexity index is 1280. The van der Waals surface area contributed by atoms with Crippen LogP contribution in [-0.2, 0) is 39.4 Å². The largest absolute Gasteiger partial charge is 0.496 e. The molecular formula is C30H38N2O9. The van der Waals surface area contributed by atoms with Gasteiger partial charge >= 0.3 is 17.9 Å². The van der Waals surface area contributed by atoms with Gasteiger partial charge in [-0.05, 0) is 73.8 Å². The van der Waals surface area contributed by atoms with Gasteiger partial charge in [0.2, 0.25) is 0 Å². The summed E-state index contributed by atoms with van der Waals surface area (Å²) in [6.07, 6.45) is 5.12. The first-order valence-corrected chi connectivity index (χ1v) is 13.8. The number of hydrogen-bond donors (Lipinski definition) is 5. The number of aromatic nitrogens is 1. The van der Waals surface area contributed by atoms with Crippen LogP contribution in [0.4, 0.5) is 0 Å². The lowest BCUT2D eigenvalue weighted by molar-refractivity contribution is -0.170. The van der Waals surface area contributed by atoms with E-state index in [2.05, 4.69) is 28.1 Å². The number of pyridine rings is 1. The Labute approximate surface area is 238 Å². The molecule has 1 aromatic heterocycles. The van der Waals surface area contributed by atoms with E-state index in [1.165, 1.54) is 36.0 Å². The fourth-order valence-corrected chi connectivity index (χ4v) is 6.48. The molecule has 5 N–H and O–H groups in total. The highest BCUT2D eigenvalue weighted by atomic mass is 16.5. The van der Waals surface area contributed by atoms with E-state index >= 15 is 0 Å². The Morgan fingerprint density at radius 3 is 2.29 bits per heavy atom. The molecule has 0 amide bonds. The second kappa shape index (κ2) is 12.1. The molecule has 5 rings (SSSR count). The molecule has 0 unspecified atom stereocenters. The molecule has 1 aliphatic heterocycles. The van der Waals surface area contributed by atoms with Crippen LogP contribution in [0.2, 0.25) is 0 Å². The third-order valence-corrected chi connectivity index (χ3v) is 8.56. The molecule has 2 aliphatic carbocycles. The molecule has 2 fully saturated rings. The van der Waals surface area contributed by atoms with Crippen molar-refractivity contribution in [2.75, 3.05) is 20.2 Å². The molecule has 3 atom stereocenters. The lowest BCUT2D eigenvalue weighted by Crippen LogP contribution is -2.42. The van der Waals surface area contributed by atoms with Crippen LogP contribution in [-0.4, -0.2) is 79.1 Å². The minimum Gasteiger partial charge on any atom is -0.496 e. The summed E-state index contributed by atoms with van der Waals surface area (Å²) in [6.45, 7) is 4.93. The first-order chi connectivity index (χ1) is 19.3. The highest BCUT2D eigenvalue weighted by molar-refractivity contribution is 5.88. The molecule has 41 heavy (non-hydrogen) atoms. The van der Waals surface area contributed by atoms with Gasteiger partial charge in [0.15, 0.2) is 5.60 Å². The van der Waals surface area contributed by atoms with Gasteiger partial charge in [0.05, 0.1) is 25.6 Å². The van der Waals surface area contributed by atoms with Crippen molar-refractivity contribution in [3.05, 3.63) is 58.4 Å². The van der Waals surface area contributed by atoms with Gasteiger partial charge in [-0.15, -0.1) is 0 Å². The van der Waals surface area contributed by atoms with Gasteiger partial charge in [0.25, 0.3) is 0 Å². The number of aryl methyl sites for hydroxylation is 3. The number of carboxylic acids is 3. The van der Waals surface area contributed by atoms with Gasteiger partial charge in [-0.1, -0.05) is 12.1 Å². The molecule has 11 nitrogen and oxygen atoms in total. The Morgan fingerprint density at radius 1 is 1.07 bits per heavy atom. The number of fused-ring (bicyclic) bond motifs is 2. The standard InChI is InChI=1S/C24H30N2O2.C6H8O7/c1-16-6-7-23(25-12-16)24(27)9-8-19-13-26(15-21(19)24)14-20-10-17-4-3-5-18(17)11-22(20)28-2;7-3(8)1-6(13,5(11)12)2-4(9)10/h6-7,10-12,19,21,27H,3-5,8-9,13-15H2,1-2H3;13H,1-2H2,(H,7,8)(H,9,10)(H,11,12)/t19-,21+,24-;/m0./s1. The van der Waals surface area contributed by atoms with Crippen LogP contribution < -0.4 is 4.74 Å². The number of hydrogen-bond acceptors (Lipinski definition) is 8. The predicted molar refractivity (Wildman–Crippen MR) is 146 cm³/mol. The second-order valence-corrected chi connectivity index (χ2v) is 11.5. The highest BCUT2D eigenvalue weighted by Gasteiger charge is 2.53. The number of carbonyl (C=O) groups is 3. The molecule has 0 bridgehead atoms. The van der Waals surface area contributed by atoms with E-state index in [0.717, 1.165) is 49.5 Å². The van der Waals surface area contributed by atoms with Crippen LogP contribution in [0.15, 0.2) is 30.5 Å². The van der Waals surface area contributed by atoms with Crippen molar-refractivity contribution in [1.82, 2.24) is 9.88 Å². The number of methoxy groups -OCH3 is 1. The van der Waals surface area contributed by atoms with Crippen molar-refractivity contribution < 1.29 is 44.7 Å². The Kier molecular flexibility index (Phi) is 9.00. The third-order valence-electron chi connectivity index (χ3n) is 8.56. The van der Waals surface area contributed by atoms with Crippen molar-refractivity contribution in [2.45, 2.75) is 69.6 Å². The maximum Gasteiger partial charge on any atom is 0.336 e.